The molecule has 0 amide bonds. The van der Waals surface area contributed by atoms with E-state index in [2.05, 4.69) is 15.3 Å². The van der Waals surface area contributed by atoms with E-state index in [-0.39, 0.29) is 12.1 Å². The molecule has 5 nitrogen and oxygen atoms in total. The second kappa shape index (κ2) is 6.65. The van der Waals surface area contributed by atoms with E-state index in [1.165, 1.54) is 0 Å². The molecule has 0 bridgehead atoms. The van der Waals surface area contributed by atoms with Crippen LogP contribution in [0.1, 0.15) is 0 Å². The number of benzene rings is 1. The maximum absolute atomic E-state index is 12.0. The van der Waals surface area contributed by atoms with Gasteiger partial charge in [-0.3, -0.25) is 4.40 Å². The van der Waals surface area contributed by atoms with Gasteiger partial charge in [-0.2, -0.15) is 8.87 Å². The predicted octanol–water partition coefficient (Wildman–Crippen LogP) is 3.43. The number of nitrogens with zero attached hydrogens (tertiary/aromatic N) is 3. The van der Waals surface area contributed by atoms with Gasteiger partial charge in [0, 0.05) is 37.2 Å². The standard InChI is InChI=1S/C15H15FN4OS/c1-17-14-6-7-20-10-13(18-15(20)19-14)11-2-4-12(5-3-11)21-8-9-22-16/h2-7,10H,8-9H2,1H3,(H,17,18,19). The molecule has 1 N–H and O–H groups in total. The Balaban J connectivity index is 1.81. The van der Waals surface area contributed by atoms with Crippen LogP contribution in [0.4, 0.5) is 9.70 Å². The third-order valence-corrected chi connectivity index (χ3v) is 3.48. The Morgan fingerprint density at radius 1 is 1.23 bits per heavy atom. The third kappa shape index (κ3) is 3.14. The third-order valence-electron chi connectivity index (χ3n) is 3.16. The highest BCUT2D eigenvalue weighted by molar-refractivity contribution is 7.94. The van der Waals surface area contributed by atoms with Gasteiger partial charge in [0.25, 0.3) is 0 Å². The Morgan fingerprint density at radius 3 is 2.77 bits per heavy atom. The number of anilines is 1. The Hall–Kier alpha value is -2.28. The fourth-order valence-electron chi connectivity index (χ4n) is 2.06. The molecule has 3 aromatic rings. The highest BCUT2D eigenvalue weighted by atomic mass is 32.2. The van der Waals surface area contributed by atoms with Crippen molar-refractivity contribution in [2.24, 2.45) is 0 Å². The van der Waals surface area contributed by atoms with Gasteiger partial charge in [-0.1, -0.05) is 0 Å². The molecular formula is C15H15FN4OS. The lowest BCUT2D eigenvalue weighted by molar-refractivity contribution is 0.343. The van der Waals surface area contributed by atoms with Crippen LogP contribution in [0.3, 0.4) is 0 Å². The highest BCUT2D eigenvalue weighted by Crippen LogP contribution is 2.22. The molecule has 1 aromatic carbocycles. The Morgan fingerprint density at radius 2 is 2.05 bits per heavy atom. The summed E-state index contributed by atoms with van der Waals surface area (Å²) >= 11 is 0.276. The molecule has 0 aliphatic carbocycles. The summed E-state index contributed by atoms with van der Waals surface area (Å²) in [5.41, 5.74) is 1.82. The second-order valence-electron chi connectivity index (χ2n) is 4.58. The topological polar surface area (TPSA) is 51.5 Å². The number of aromatic nitrogens is 3. The Kier molecular flexibility index (Phi) is 4.43. The van der Waals surface area contributed by atoms with Crippen LogP contribution in [0.25, 0.3) is 17.0 Å². The monoisotopic (exact) mass is 318 g/mol. The quantitative estimate of drug-likeness (QED) is 0.706. The van der Waals surface area contributed by atoms with Gasteiger partial charge in [-0.15, -0.1) is 0 Å². The van der Waals surface area contributed by atoms with Crippen LogP contribution in [0.5, 0.6) is 5.75 Å². The van der Waals surface area contributed by atoms with E-state index in [9.17, 15) is 3.89 Å². The van der Waals surface area contributed by atoms with Crippen molar-refractivity contribution in [1.82, 2.24) is 14.4 Å². The van der Waals surface area contributed by atoms with Crippen molar-refractivity contribution in [2.75, 3.05) is 24.7 Å². The van der Waals surface area contributed by atoms with Crippen molar-refractivity contribution < 1.29 is 8.62 Å². The summed E-state index contributed by atoms with van der Waals surface area (Å²) in [6.45, 7) is 0.353. The minimum Gasteiger partial charge on any atom is -0.493 e. The number of ether oxygens (including phenoxy) is 1. The summed E-state index contributed by atoms with van der Waals surface area (Å²) in [5.74, 6) is 2.46. The molecule has 0 saturated heterocycles. The number of fused-ring (bicyclic) bond motifs is 1. The molecule has 0 fully saturated rings. The zero-order valence-electron chi connectivity index (χ0n) is 12.0. The van der Waals surface area contributed by atoms with Gasteiger partial charge >= 0.3 is 0 Å². The van der Waals surface area contributed by atoms with Gasteiger partial charge in [-0.05, 0) is 30.3 Å². The smallest absolute Gasteiger partial charge is 0.236 e. The first-order chi connectivity index (χ1) is 10.8. The average Bonchev–Trinajstić information content (AvgIpc) is 2.98. The summed E-state index contributed by atoms with van der Waals surface area (Å²) in [4.78, 5) is 8.90. The van der Waals surface area contributed by atoms with E-state index >= 15 is 0 Å². The molecule has 7 heteroatoms. The van der Waals surface area contributed by atoms with E-state index in [1.54, 1.807) is 0 Å². The van der Waals surface area contributed by atoms with Crippen LogP contribution in [0, 0.1) is 0 Å². The summed E-state index contributed by atoms with van der Waals surface area (Å²) in [7, 11) is 1.82. The van der Waals surface area contributed by atoms with Gasteiger partial charge in [0.05, 0.1) is 18.1 Å². The fourth-order valence-corrected chi connectivity index (χ4v) is 2.21. The van der Waals surface area contributed by atoms with E-state index < -0.39 is 0 Å². The number of hydrogen-bond acceptors (Lipinski definition) is 5. The first-order valence-corrected chi connectivity index (χ1v) is 7.69. The first-order valence-electron chi connectivity index (χ1n) is 6.80. The molecular weight excluding hydrogens is 303 g/mol. The van der Waals surface area contributed by atoms with Crippen LogP contribution in [0.2, 0.25) is 0 Å². The summed E-state index contributed by atoms with van der Waals surface area (Å²) in [5, 5.41) is 2.99. The first kappa shape index (κ1) is 14.6. The van der Waals surface area contributed by atoms with Crippen molar-refractivity contribution in [2.45, 2.75) is 0 Å². The number of nitrogens with one attached hydrogen (secondary N) is 1. The number of hydrogen-bond donors (Lipinski definition) is 1. The minimum absolute atomic E-state index is 0.276. The molecule has 0 aliphatic rings. The van der Waals surface area contributed by atoms with Crippen molar-refractivity contribution in [3.63, 3.8) is 0 Å². The van der Waals surface area contributed by atoms with Crippen LogP contribution < -0.4 is 10.1 Å². The van der Waals surface area contributed by atoms with E-state index in [4.69, 9.17) is 4.74 Å². The van der Waals surface area contributed by atoms with Crippen molar-refractivity contribution >= 4 is 23.7 Å². The molecule has 2 heterocycles. The van der Waals surface area contributed by atoms with Crippen molar-refractivity contribution in [3.05, 3.63) is 42.7 Å². The molecule has 2 aromatic heterocycles. The van der Waals surface area contributed by atoms with Gasteiger partial charge in [0.15, 0.2) is 0 Å². The normalized spacial score (nSPS) is 10.8. The predicted molar refractivity (Wildman–Crippen MR) is 87.0 cm³/mol. The average molecular weight is 318 g/mol. The fraction of sp³-hybridized carbons (Fsp3) is 0.200. The number of halogens is 1. The van der Waals surface area contributed by atoms with E-state index in [1.807, 2.05) is 54.2 Å². The lowest BCUT2D eigenvalue weighted by atomic mass is 10.2. The van der Waals surface area contributed by atoms with Gasteiger partial charge in [0.1, 0.15) is 11.6 Å². The SMILES string of the molecule is CNc1ccn2cc(-c3ccc(OCCSF)cc3)nc2n1. The molecule has 0 radical (unpaired) electrons. The maximum atomic E-state index is 12.0. The molecule has 0 atom stereocenters. The van der Waals surface area contributed by atoms with Gasteiger partial charge in [0.2, 0.25) is 5.78 Å². The van der Waals surface area contributed by atoms with E-state index in [0.29, 0.717) is 18.1 Å². The Bertz CT molecular complexity index is 760. The highest BCUT2D eigenvalue weighted by Gasteiger charge is 2.06. The number of imidazole rings is 1. The maximum Gasteiger partial charge on any atom is 0.236 e. The molecule has 0 aliphatic heterocycles. The Labute approximate surface area is 131 Å². The molecule has 3 rings (SSSR count). The molecule has 0 saturated carbocycles. The minimum atomic E-state index is 0.276. The van der Waals surface area contributed by atoms with Crippen LogP contribution in [-0.4, -0.2) is 33.8 Å². The van der Waals surface area contributed by atoms with Gasteiger partial charge < -0.3 is 10.1 Å². The van der Waals surface area contributed by atoms with E-state index in [0.717, 1.165) is 22.8 Å². The largest absolute Gasteiger partial charge is 0.493 e. The summed E-state index contributed by atoms with van der Waals surface area (Å²) in [6, 6.07) is 9.46. The zero-order chi connectivity index (χ0) is 15.4. The second-order valence-corrected chi connectivity index (χ2v) is 5.21. The number of rotatable bonds is 6. The zero-order valence-corrected chi connectivity index (χ0v) is 12.8. The lowest BCUT2D eigenvalue weighted by Crippen LogP contribution is -1.98. The van der Waals surface area contributed by atoms with Crippen LogP contribution in [-0.2, 0) is 0 Å². The van der Waals surface area contributed by atoms with Crippen molar-refractivity contribution in [1.29, 1.82) is 0 Å². The van der Waals surface area contributed by atoms with Crippen LogP contribution >= 0.6 is 12.1 Å². The molecule has 22 heavy (non-hydrogen) atoms. The summed E-state index contributed by atoms with van der Waals surface area (Å²) < 4.78 is 19.2. The van der Waals surface area contributed by atoms with Crippen LogP contribution in [0.15, 0.2) is 42.7 Å². The summed E-state index contributed by atoms with van der Waals surface area (Å²) in [6.07, 6.45) is 3.84. The lowest BCUT2D eigenvalue weighted by Gasteiger charge is -2.04. The van der Waals surface area contributed by atoms with Crippen molar-refractivity contribution in [3.8, 4) is 17.0 Å². The molecule has 0 unspecified atom stereocenters. The molecule has 114 valence electrons. The molecule has 0 spiro atoms. The van der Waals surface area contributed by atoms with Gasteiger partial charge in [-0.25, -0.2) is 4.98 Å².